The van der Waals surface area contributed by atoms with E-state index in [0.29, 0.717) is 42.7 Å². The molecule has 0 amide bonds. The van der Waals surface area contributed by atoms with Crippen molar-refractivity contribution >= 4 is 13.5 Å². The highest BCUT2D eigenvalue weighted by atomic mass is 31.2. The SMILES string of the molecule is CC(C)[C@]12CN(P(=O)(Oc3ccccc3)Oc3ccccc3)C[C@@]1(CC(=O)C1CCCC1)C2. The predicted octanol–water partition coefficient (Wildman–Crippen LogP) is 6.75. The van der Waals surface area contributed by atoms with Gasteiger partial charge in [-0.25, -0.2) is 4.57 Å². The summed E-state index contributed by atoms with van der Waals surface area (Å²) in [5.74, 6) is 2.05. The van der Waals surface area contributed by atoms with Crippen LogP contribution in [0.5, 0.6) is 11.5 Å². The number of hydrogen-bond acceptors (Lipinski definition) is 4. The van der Waals surface area contributed by atoms with Crippen LogP contribution in [-0.2, 0) is 9.36 Å². The molecule has 176 valence electrons. The molecule has 3 aliphatic rings. The smallest absolute Gasteiger partial charge is 0.404 e. The molecule has 2 aromatic rings. The van der Waals surface area contributed by atoms with Crippen LogP contribution in [0.4, 0.5) is 0 Å². The Bertz CT molecular complexity index is 991. The molecule has 0 radical (unpaired) electrons. The molecule has 1 heterocycles. The molecule has 1 aliphatic heterocycles. The minimum absolute atomic E-state index is 0.0168. The summed E-state index contributed by atoms with van der Waals surface area (Å²) in [4.78, 5) is 13.2. The Morgan fingerprint density at radius 2 is 1.52 bits per heavy atom. The van der Waals surface area contributed by atoms with Crippen LogP contribution >= 0.6 is 7.75 Å². The highest BCUT2D eigenvalue weighted by Crippen LogP contribution is 2.77. The number of carbonyl (C=O) groups is 1. The van der Waals surface area contributed by atoms with Crippen molar-refractivity contribution in [3.63, 3.8) is 0 Å². The maximum Gasteiger partial charge on any atom is 0.515 e. The van der Waals surface area contributed by atoms with Gasteiger partial charge < -0.3 is 9.05 Å². The Kier molecular flexibility index (Phi) is 5.91. The number of Topliss-reactive ketones (excluding diaryl/α,β-unsaturated/α-hetero) is 1. The zero-order valence-electron chi connectivity index (χ0n) is 19.6. The number of benzene rings is 2. The van der Waals surface area contributed by atoms with Gasteiger partial charge in [0.1, 0.15) is 17.3 Å². The van der Waals surface area contributed by atoms with Gasteiger partial charge in [0.25, 0.3) is 0 Å². The van der Waals surface area contributed by atoms with Gasteiger partial charge in [0.15, 0.2) is 0 Å². The molecule has 0 N–H and O–H groups in total. The minimum atomic E-state index is -3.69. The maximum atomic E-state index is 14.4. The first-order chi connectivity index (χ1) is 15.9. The van der Waals surface area contributed by atoms with E-state index in [9.17, 15) is 9.36 Å². The lowest BCUT2D eigenvalue weighted by molar-refractivity contribution is -0.124. The molecule has 6 heteroatoms. The monoisotopic (exact) mass is 467 g/mol. The molecule has 2 aromatic carbocycles. The number of rotatable bonds is 9. The summed E-state index contributed by atoms with van der Waals surface area (Å²) < 4.78 is 28.5. The van der Waals surface area contributed by atoms with Gasteiger partial charge in [-0.05, 0) is 60.3 Å². The van der Waals surface area contributed by atoms with Crippen LogP contribution in [0.1, 0.15) is 52.4 Å². The van der Waals surface area contributed by atoms with Crippen LogP contribution in [-0.4, -0.2) is 23.5 Å². The van der Waals surface area contributed by atoms with Gasteiger partial charge in [-0.1, -0.05) is 63.1 Å². The van der Waals surface area contributed by atoms with E-state index in [1.165, 1.54) is 0 Å². The van der Waals surface area contributed by atoms with E-state index in [2.05, 4.69) is 13.8 Å². The van der Waals surface area contributed by atoms with E-state index in [1.807, 2.05) is 41.1 Å². The molecule has 3 fully saturated rings. The van der Waals surface area contributed by atoms with Gasteiger partial charge in [-0.3, -0.25) is 4.79 Å². The second-order valence-electron chi connectivity index (χ2n) is 10.5. The Balaban J connectivity index is 1.43. The summed E-state index contributed by atoms with van der Waals surface area (Å²) in [5, 5.41) is 0. The van der Waals surface area contributed by atoms with E-state index in [0.717, 1.165) is 32.1 Å². The van der Waals surface area contributed by atoms with Gasteiger partial charge in [0.2, 0.25) is 0 Å². The van der Waals surface area contributed by atoms with Crippen LogP contribution in [0, 0.1) is 22.7 Å². The number of piperidine rings is 1. The first-order valence-corrected chi connectivity index (χ1v) is 13.7. The number of carbonyl (C=O) groups excluding carboxylic acids is 1. The summed E-state index contributed by atoms with van der Waals surface area (Å²) in [6, 6.07) is 18.5. The van der Waals surface area contributed by atoms with Gasteiger partial charge in [-0.2, -0.15) is 4.67 Å². The number of ketones is 1. The summed E-state index contributed by atoms with van der Waals surface area (Å²) in [5.41, 5.74) is -0.145. The fraction of sp³-hybridized carbons (Fsp3) is 0.519. The highest BCUT2D eigenvalue weighted by molar-refractivity contribution is 7.52. The molecular weight excluding hydrogens is 433 g/mol. The van der Waals surface area contributed by atoms with Crippen molar-refractivity contribution in [2.24, 2.45) is 22.7 Å². The van der Waals surface area contributed by atoms with Gasteiger partial charge in [0, 0.05) is 25.4 Å². The molecule has 1 saturated heterocycles. The predicted molar refractivity (Wildman–Crippen MR) is 129 cm³/mol. The first-order valence-electron chi connectivity index (χ1n) is 12.2. The molecular formula is C27H34NO4P. The molecule has 0 bridgehead atoms. The molecule has 2 aliphatic carbocycles. The van der Waals surface area contributed by atoms with Crippen LogP contribution in [0.15, 0.2) is 60.7 Å². The second kappa shape index (κ2) is 8.60. The van der Waals surface area contributed by atoms with Gasteiger partial charge >= 0.3 is 7.75 Å². The average molecular weight is 468 g/mol. The van der Waals surface area contributed by atoms with Crippen LogP contribution in [0.2, 0.25) is 0 Å². The summed E-state index contributed by atoms with van der Waals surface area (Å²) >= 11 is 0. The quantitative estimate of drug-likeness (QED) is 0.382. The Labute approximate surface area is 197 Å². The Morgan fingerprint density at radius 1 is 0.970 bits per heavy atom. The first kappa shape index (κ1) is 22.7. The standard InChI is InChI=1S/C27H34NO4P/c1-21(2)27-18-26(27,17-25(29)22-11-9-10-12-22)19-28(20-27)33(30,31-23-13-5-3-6-14-23)32-24-15-7-4-8-16-24/h3-8,13-16,21-22H,9-12,17-20H2,1-2H3/t26-,27+/m1/s1. The molecule has 5 nitrogen and oxygen atoms in total. The summed E-state index contributed by atoms with van der Waals surface area (Å²) in [7, 11) is -3.69. The number of hydrogen-bond donors (Lipinski definition) is 0. The molecule has 2 atom stereocenters. The van der Waals surface area contributed by atoms with E-state index in [-0.39, 0.29) is 16.7 Å². The zero-order chi connectivity index (χ0) is 23.1. The third-order valence-corrected chi connectivity index (χ3v) is 10.1. The molecule has 0 aromatic heterocycles. The van der Waals surface area contributed by atoms with Crippen molar-refractivity contribution in [1.82, 2.24) is 4.67 Å². The molecule has 0 spiro atoms. The van der Waals surface area contributed by atoms with Crippen molar-refractivity contribution in [2.45, 2.75) is 52.4 Å². The van der Waals surface area contributed by atoms with Crippen molar-refractivity contribution in [3.05, 3.63) is 60.7 Å². The van der Waals surface area contributed by atoms with Crippen LogP contribution in [0.3, 0.4) is 0 Å². The lowest BCUT2D eigenvalue weighted by Crippen LogP contribution is -2.29. The second-order valence-corrected chi connectivity index (χ2v) is 12.4. The number of nitrogens with zero attached hydrogens (tertiary/aromatic N) is 1. The van der Waals surface area contributed by atoms with E-state index in [1.54, 1.807) is 24.3 Å². The summed E-state index contributed by atoms with van der Waals surface area (Å²) in [6.07, 6.45) is 5.98. The molecule has 33 heavy (non-hydrogen) atoms. The lowest BCUT2D eigenvalue weighted by atomic mass is 9.81. The zero-order valence-corrected chi connectivity index (χ0v) is 20.5. The summed E-state index contributed by atoms with van der Waals surface area (Å²) in [6.45, 7) is 5.65. The van der Waals surface area contributed by atoms with Crippen molar-refractivity contribution < 1.29 is 18.4 Å². The van der Waals surface area contributed by atoms with E-state index < -0.39 is 7.75 Å². The van der Waals surface area contributed by atoms with E-state index in [4.69, 9.17) is 9.05 Å². The maximum absolute atomic E-state index is 14.4. The third kappa shape index (κ3) is 4.15. The average Bonchev–Trinajstić information content (AvgIpc) is 3.15. The van der Waals surface area contributed by atoms with Crippen molar-refractivity contribution in [2.75, 3.05) is 13.1 Å². The highest BCUT2D eigenvalue weighted by Gasteiger charge is 2.75. The van der Waals surface area contributed by atoms with Gasteiger partial charge in [0.05, 0.1) is 0 Å². The lowest BCUT2D eigenvalue weighted by Gasteiger charge is -2.30. The van der Waals surface area contributed by atoms with Crippen LogP contribution < -0.4 is 9.05 Å². The number of fused-ring (bicyclic) bond motifs is 1. The van der Waals surface area contributed by atoms with Gasteiger partial charge in [-0.15, -0.1) is 0 Å². The normalized spacial score (nSPS) is 27.5. The van der Waals surface area contributed by atoms with Crippen molar-refractivity contribution in [1.29, 1.82) is 0 Å². The van der Waals surface area contributed by atoms with Crippen LogP contribution in [0.25, 0.3) is 0 Å². The van der Waals surface area contributed by atoms with Crippen molar-refractivity contribution in [3.8, 4) is 11.5 Å². The molecule has 0 unspecified atom stereocenters. The van der Waals surface area contributed by atoms with E-state index >= 15 is 0 Å². The Hall–Kier alpha value is -2.10. The minimum Gasteiger partial charge on any atom is -0.404 e. The fourth-order valence-electron chi connectivity index (χ4n) is 6.28. The third-order valence-electron chi connectivity index (χ3n) is 8.24. The largest absolute Gasteiger partial charge is 0.515 e. The Morgan fingerprint density at radius 3 is 2.03 bits per heavy atom. The number of para-hydroxylation sites is 2. The fourth-order valence-corrected chi connectivity index (χ4v) is 8.20. The molecule has 2 saturated carbocycles. The topological polar surface area (TPSA) is 55.8 Å². The molecule has 5 rings (SSSR count).